The Morgan fingerprint density at radius 1 is 1.56 bits per heavy atom. The predicted molar refractivity (Wildman–Crippen MR) is 60.1 cm³/mol. The van der Waals surface area contributed by atoms with Crippen molar-refractivity contribution in [1.29, 1.82) is 0 Å². The van der Waals surface area contributed by atoms with Crippen molar-refractivity contribution in [2.75, 3.05) is 0 Å². The molecule has 6 heteroatoms. The van der Waals surface area contributed by atoms with Crippen LogP contribution in [0.4, 0.5) is 0 Å². The second-order valence-electron chi connectivity index (χ2n) is 3.90. The third kappa shape index (κ3) is 1.34. The first-order chi connectivity index (χ1) is 7.66. The van der Waals surface area contributed by atoms with Crippen LogP contribution in [0.2, 0.25) is 0 Å². The second-order valence-corrected chi connectivity index (χ2v) is 4.29. The highest BCUT2D eigenvalue weighted by molar-refractivity contribution is 7.71. The van der Waals surface area contributed by atoms with Gasteiger partial charge in [-0.1, -0.05) is 0 Å². The van der Waals surface area contributed by atoms with Crippen LogP contribution in [0.25, 0.3) is 11.2 Å². The number of imidazole rings is 1. The third-order valence-corrected chi connectivity index (χ3v) is 2.99. The quantitative estimate of drug-likeness (QED) is 0.782. The maximum absolute atomic E-state index is 10.8. The molecule has 0 atom stereocenters. The van der Waals surface area contributed by atoms with Crippen LogP contribution in [-0.2, 0) is 0 Å². The molecule has 0 aliphatic heterocycles. The number of aromatic amines is 1. The minimum absolute atomic E-state index is 0.0518. The van der Waals surface area contributed by atoms with Gasteiger partial charge in [0.15, 0.2) is 16.1 Å². The third-order valence-electron chi connectivity index (χ3n) is 2.69. The monoisotopic (exact) mass is 235 g/mol. The lowest BCUT2D eigenvalue weighted by Crippen LogP contribution is -2.02. The van der Waals surface area contributed by atoms with Crippen molar-refractivity contribution in [2.24, 2.45) is 0 Å². The Morgan fingerprint density at radius 3 is 2.94 bits per heavy atom. The van der Waals surface area contributed by atoms with Crippen molar-refractivity contribution in [1.82, 2.24) is 14.5 Å². The molecule has 2 N–H and O–H groups in total. The largest absolute Gasteiger partial charge is 0.477 e. The molecule has 5 nitrogen and oxygen atoms in total. The van der Waals surface area contributed by atoms with Crippen molar-refractivity contribution in [2.45, 2.75) is 18.9 Å². The summed E-state index contributed by atoms with van der Waals surface area (Å²) < 4.78 is 2.53. The van der Waals surface area contributed by atoms with Crippen molar-refractivity contribution >= 4 is 29.4 Å². The number of H-pyrrole nitrogens is 1. The van der Waals surface area contributed by atoms with Gasteiger partial charge in [-0.15, -0.1) is 0 Å². The fourth-order valence-corrected chi connectivity index (χ4v) is 2.14. The van der Waals surface area contributed by atoms with E-state index >= 15 is 0 Å². The Bertz CT molecular complexity index is 639. The van der Waals surface area contributed by atoms with Crippen molar-refractivity contribution in [3.8, 4) is 0 Å². The molecule has 82 valence electrons. The molecule has 0 radical (unpaired) electrons. The normalized spacial score (nSPS) is 15.5. The molecule has 16 heavy (non-hydrogen) atoms. The smallest absolute Gasteiger partial charge is 0.354 e. The van der Waals surface area contributed by atoms with Gasteiger partial charge < -0.3 is 10.1 Å². The van der Waals surface area contributed by atoms with E-state index in [2.05, 4.69) is 9.97 Å². The van der Waals surface area contributed by atoms with Gasteiger partial charge in [-0.25, -0.2) is 9.78 Å². The van der Waals surface area contributed by atoms with E-state index in [0.717, 1.165) is 18.4 Å². The molecule has 0 aromatic carbocycles. The highest BCUT2D eigenvalue weighted by Crippen LogP contribution is 2.37. The Labute approximate surface area is 95.7 Å². The minimum atomic E-state index is -1.02. The molecular formula is C10H9N3O2S. The summed E-state index contributed by atoms with van der Waals surface area (Å²) in [6, 6.07) is 3.57. The predicted octanol–water partition coefficient (Wildman–Crippen LogP) is 2.13. The van der Waals surface area contributed by atoms with Crippen LogP contribution in [0.5, 0.6) is 0 Å². The lowest BCUT2D eigenvalue weighted by atomic mass is 10.3. The summed E-state index contributed by atoms with van der Waals surface area (Å²) in [6.07, 6.45) is 2.17. The molecule has 0 spiro atoms. The van der Waals surface area contributed by atoms with Gasteiger partial charge in [0, 0.05) is 6.04 Å². The van der Waals surface area contributed by atoms with E-state index in [4.69, 9.17) is 17.3 Å². The molecule has 2 aromatic rings. The van der Waals surface area contributed by atoms with Gasteiger partial charge in [0.2, 0.25) is 0 Å². The fraction of sp³-hybridized carbons (Fsp3) is 0.300. The molecule has 2 heterocycles. The number of carboxylic acids is 1. The Hall–Kier alpha value is -1.69. The van der Waals surface area contributed by atoms with Crippen molar-refractivity contribution in [3.63, 3.8) is 0 Å². The number of carbonyl (C=O) groups is 1. The molecule has 1 saturated carbocycles. The molecule has 1 aliphatic carbocycles. The molecule has 2 aromatic heterocycles. The van der Waals surface area contributed by atoms with Crippen LogP contribution >= 0.6 is 12.2 Å². The zero-order chi connectivity index (χ0) is 11.3. The van der Waals surface area contributed by atoms with Gasteiger partial charge >= 0.3 is 5.97 Å². The van der Waals surface area contributed by atoms with E-state index in [-0.39, 0.29) is 5.69 Å². The van der Waals surface area contributed by atoms with Crippen LogP contribution in [0.1, 0.15) is 29.4 Å². The van der Waals surface area contributed by atoms with Crippen LogP contribution in [0.15, 0.2) is 12.1 Å². The molecular weight excluding hydrogens is 226 g/mol. The SMILES string of the molecule is O=C(O)c1ccc2[nH]c(=S)n(C3CC3)c2n1. The lowest BCUT2D eigenvalue weighted by Gasteiger charge is -2.00. The average molecular weight is 235 g/mol. The first-order valence-electron chi connectivity index (χ1n) is 5.01. The number of hydrogen-bond acceptors (Lipinski definition) is 3. The second kappa shape index (κ2) is 3.15. The number of fused-ring (bicyclic) bond motifs is 1. The Morgan fingerprint density at radius 2 is 2.31 bits per heavy atom. The topological polar surface area (TPSA) is 70.9 Å². The Kier molecular flexibility index (Phi) is 1.88. The number of aromatic nitrogens is 3. The van der Waals surface area contributed by atoms with Crippen molar-refractivity contribution < 1.29 is 9.90 Å². The van der Waals surface area contributed by atoms with Crippen LogP contribution in [0, 0.1) is 4.77 Å². The standard InChI is InChI=1S/C10H9N3O2S/c14-9(15)7-4-3-6-8(11-7)13(5-1-2-5)10(16)12-6/h3-5H,1-2H2,(H,12,16)(H,14,15). The highest BCUT2D eigenvalue weighted by atomic mass is 32.1. The number of rotatable bonds is 2. The van der Waals surface area contributed by atoms with E-state index in [1.54, 1.807) is 6.07 Å². The van der Waals surface area contributed by atoms with Crippen LogP contribution in [-0.4, -0.2) is 25.6 Å². The first-order valence-corrected chi connectivity index (χ1v) is 5.42. The summed E-state index contributed by atoms with van der Waals surface area (Å²) in [7, 11) is 0. The van der Waals surface area contributed by atoms with E-state index in [1.807, 2.05) is 4.57 Å². The van der Waals surface area contributed by atoms with E-state index in [0.29, 0.717) is 16.5 Å². The molecule has 1 fully saturated rings. The highest BCUT2D eigenvalue weighted by Gasteiger charge is 2.27. The molecule has 0 amide bonds. The van der Waals surface area contributed by atoms with E-state index < -0.39 is 5.97 Å². The zero-order valence-electron chi connectivity index (χ0n) is 8.30. The summed E-state index contributed by atoms with van der Waals surface area (Å²) >= 11 is 5.20. The van der Waals surface area contributed by atoms with Gasteiger partial charge in [0.25, 0.3) is 0 Å². The summed E-state index contributed by atoms with van der Waals surface area (Å²) in [6.45, 7) is 0. The first kappa shape index (κ1) is 9.53. The van der Waals surface area contributed by atoms with Gasteiger partial charge in [-0.2, -0.15) is 0 Å². The maximum Gasteiger partial charge on any atom is 0.354 e. The Balaban J connectivity index is 2.31. The van der Waals surface area contributed by atoms with Crippen molar-refractivity contribution in [3.05, 3.63) is 22.6 Å². The summed E-state index contributed by atoms with van der Waals surface area (Å²) in [5, 5.41) is 8.89. The van der Waals surface area contributed by atoms with Crippen LogP contribution < -0.4 is 0 Å². The number of nitrogens with one attached hydrogen (secondary N) is 1. The fourth-order valence-electron chi connectivity index (χ4n) is 1.79. The lowest BCUT2D eigenvalue weighted by molar-refractivity contribution is 0.0691. The zero-order valence-corrected chi connectivity index (χ0v) is 9.12. The van der Waals surface area contributed by atoms with Gasteiger partial charge in [0.05, 0.1) is 5.52 Å². The molecule has 3 rings (SSSR count). The molecule has 0 saturated heterocycles. The number of hydrogen-bond donors (Lipinski definition) is 2. The van der Waals surface area contributed by atoms with Gasteiger partial charge in [-0.05, 0) is 37.2 Å². The maximum atomic E-state index is 10.8. The average Bonchev–Trinajstić information content (AvgIpc) is 3.00. The summed E-state index contributed by atoms with van der Waals surface area (Å²) in [5.74, 6) is -1.02. The number of aromatic carboxylic acids is 1. The molecule has 1 aliphatic rings. The van der Waals surface area contributed by atoms with Crippen LogP contribution in [0.3, 0.4) is 0 Å². The van der Waals surface area contributed by atoms with Gasteiger partial charge in [-0.3, -0.25) is 4.57 Å². The number of carboxylic acid groups (broad SMARTS) is 1. The molecule has 0 unspecified atom stereocenters. The van der Waals surface area contributed by atoms with Gasteiger partial charge in [0.1, 0.15) is 0 Å². The summed E-state index contributed by atoms with van der Waals surface area (Å²) in [4.78, 5) is 18.0. The minimum Gasteiger partial charge on any atom is -0.477 e. The summed E-state index contributed by atoms with van der Waals surface area (Å²) in [5.41, 5.74) is 1.49. The molecule has 0 bridgehead atoms. The number of nitrogens with zero attached hydrogens (tertiary/aromatic N) is 2. The number of pyridine rings is 1. The van der Waals surface area contributed by atoms with E-state index in [1.165, 1.54) is 6.07 Å². The van der Waals surface area contributed by atoms with E-state index in [9.17, 15) is 4.79 Å².